The Labute approximate surface area is 242 Å². The molecule has 0 spiro atoms. The van der Waals surface area contributed by atoms with Crippen molar-refractivity contribution in [2.45, 2.75) is 58.0 Å². The number of ether oxygens (including phenoxy) is 1. The molecule has 12 heteroatoms. The quantitative estimate of drug-likeness (QED) is 0.287. The largest absolute Gasteiger partial charge is 0.480 e. The van der Waals surface area contributed by atoms with Crippen LogP contribution in [0.2, 0.25) is 0 Å². The molecule has 0 saturated heterocycles. The third-order valence-electron chi connectivity index (χ3n) is 7.55. The Balaban J connectivity index is 1.36. The van der Waals surface area contributed by atoms with Crippen LogP contribution in [-0.4, -0.2) is 55.1 Å². The molecular weight excluding hydrogens is 542 g/mol. The predicted octanol–water partition coefficient (Wildman–Crippen LogP) is 5.09. The fourth-order valence-electron chi connectivity index (χ4n) is 5.37. The van der Waals surface area contributed by atoms with Crippen LogP contribution in [0.4, 0.5) is 20.3 Å². The zero-order valence-electron chi connectivity index (χ0n) is 24.2. The van der Waals surface area contributed by atoms with Crippen LogP contribution in [0.3, 0.4) is 0 Å². The average Bonchev–Trinajstić information content (AvgIpc) is 3.72. The fraction of sp³-hybridized carbons (Fsp3) is 0.400. The van der Waals surface area contributed by atoms with Gasteiger partial charge in [0.25, 0.3) is 5.92 Å². The Morgan fingerprint density at radius 1 is 1.10 bits per heavy atom. The van der Waals surface area contributed by atoms with Crippen molar-refractivity contribution in [1.29, 1.82) is 0 Å². The highest BCUT2D eigenvalue weighted by Gasteiger charge is 2.35. The summed E-state index contributed by atoms with van der Waals surface area (Å²) in [5.41, 5.74) is 3.54. The molecule has 0 bridgehead atoms. The number of benzene rings is 1. The second-order valence-corrected chi connectivity index (χ2v) is 11.2. The third-order valence-corrected chi connectivity index (χ3v) is 7.55. The number of carbonyl (C=O) groups is 1. The molecule has 0 radical (unpaired) electrons. The van der Waals surface area contributed by atoms with Gasteiger partial charge in [-0.15, -0.1) is 0 Å². The molecule has 4 heterocycles. The van der Waals surface area contributed by atoms with Gasteiger partial charge in [-0.1, -0.05) is 24.3 Å². The number of imidazole rings is 1. The smallest absolute Gasteiger partial charge is 0.288 e. The highest BCUT2D eigenvalue weighted by Crippen LogP contribution is 2.45. The number of hydrogen-bond donors (Lipinski definition) is 0. The van der Waals surface area contributed by atoms with Gasteiger partial charge in [0.2, 0.25) is 11.8 Å². The van der Waals surface area contributed by atoms with E-state index in [1.165, 1.54) is 12.5 Å². The molecule has 1 aromatic carbocycles. The second-order valence-electron chi connectivity index (χ2n) is 11.2. The summed E-state index contributed by atoms with van der Waals surface area (Å²) in [6.07, 6.45) is 6.62. The summed E-state index contributed by atoms with van der Waals surface area (Å²) in [5, 5.41) is 0. The van der Waals surface area contributed by atoms with Crippen molar-refractivity contribution in [3.8, 4) is 28.7 Å². The number of methoxy groups -OCH3 is 1. The summed E-state index contributed by atoms with van der Waals surface area (Å²) in [7, 11) is 3.26. The van der Waals surface area contributed by atoms with E-state index in [2.05, 4.69) is 19.9 Å². The lowest BCUT2D eigenvalue weighted by Crippen LogP contribution is -2.49. The number of anilines is 2. The van der Waals surface area contributed by atoms with E-state index in [-0.39, 0.29) is 24.2 Å². The third kappa shape index (κ3) is 5.05. The van der Waals surface area contributed by atoms with Crippen molar-refractivity contribution < 1.29 is 18.3 Å². The summed E-state index contributed by atoms with van der Waals surface area (Å²) < 4.78 is 34.8. The van der Waals surface area contributed by atoms with Crippen LogP contribution in [0, 0.1) is 0 Å². The van der Waals surface area contributed by atoms with E-state index in [1.807, 2.05) is 43.0 Å². The molecule has 1 aliphatic carbocycles. The molecular formula is C30H32F2N8O2. The monoisotopic (exact) mass is 574 g/mol. The number of hydrogen-bond acceptors (Lipinski definition) is 8. The van der Waals surface area contributed by atoms with Crippen LogP contribution in [0.15, 0.2) is 43.0 Å². The van der Waals surface area contributed by atoms with Crippen LogP contribution in [0.1, 0.15) is 56.5 Å². The molecule has 1 saturated carbocycles. The van der Waals surface area contributed by atoms with Crippen molar-refractivity contribution in [1.82, 2.24) is 29.5 Å². The van der Waals surface area contributed by atoms with Crippen molar-refractivity contribution in [2.24, 2.45) is 7.05 Å². The minimum absolute atomic E-state index is 0.0502. The zero-order valence-corrected chi connectivity index (χ0v) is 24.2. The highest BCUT2D eigenvalue weighted by molar-refractivity contribution is 6.02. The lowest BCUT2D eigenvalue weighted by atomic mass is 10.1. The number of nitrogens with zero attached hydrogens (tertiary/aromatic N) is 8. The molecule has 3 aromatic heterocycles. The molecule has 2 aliphatic rings. The molecule has 42 heavy (non-hydrogen) atoms. The Kier molecular flexibility index (Phi) is 6.86. The summed E-state index contributed by atoms with van der Waals surface area (Å²) in [6.45, 7) is 5.29. The molecule has 6 rings (SSSR count). The minimum atomic E-state index is -3.02. The molecule has 1 amide bonds. The summed E-state index contributed by atoms with van der Waals surface area (Å²) >= 11 is 0. The van der Waals surface area contributed by atoms with E-state index in [0.29, 0.717) is 52.6 Å². The normalized spacial score (nSPS) is 15.4. The van der Waals surface area contributed by atoms with Gasteiger partial charge < -0.3 is 19.1 Å². The van der Waals surface area contributed by atoms with E-state index in [4.69, 9.17) is 9.72 Å². The summed E-state index contributed by atoms with van der Waals surface area (Å²) in [6, 6.07) is 7.44. The van der Waals surface area contributed by atoms with Crippen molar-refractivity contribution in [2.75, 3.05) is 23.5 Å². The Bertz CT molecular complexity index is 1640. The first-order chi connectivity index (χ1) is 20.0. The van der Waals surface area contributed by atoms with Crippen molar-refractivity contribution in [3.05, 3.63) is 59.9 Å². The molecule has 4 aromatic rings. The number of alkyl halides is 2. The van der Waals surface area contributed by atoms with Crippen LogP contribution in [0.5, 0.6) is 5.88 Å². The van der Waals surface area contributed by atoms with Gasteiger partial charge in [-0.2, -0.15) is 8.78 Å². The number of aryl methyl sites for hydroxylation is 1. The SMILES string of the molecule is COc1ncnc(C2CC2)c1-c1ncc2c(n1)N(Cc1ccc(-c3nc(C(C)(F)F)cn3C)cc1)CC(=O)N2C(C)C. The first-order valence-electron chi connectivity index (χ1n) is 13.9. The van der Waals surface area contributed by atoms with E-state index < -0.39 is 5.92 Å². The van der Waals surface area contributed by atoms with Gasteiger partial charge in [0, 0.05) is 44.2 Å². The van der Waals surface area contributed by atoms with Gasteiger partial charge in [-0.05, 0) is 32.3 Å². The Morgan fingerprint density at radius 2 is 1.83 bits per heavy atom. The molecule has 0 unspecified atom stereocenters. The standard InChI is InChI=1S/C30H32F2N8O2/c1-17(2)40-21-12-33-26(24-25(19-10-11-19)34-16-35-29(24)42-5)37-28(21)39(15-23(40)41)13-18-6-8-20(9-7-18)27-36-22(14-38(27)4)30(3,31)32/h6-9,12,14,16-17,19H,10-11,13,15H2,1-5H3. The van der Waals surface area contributed by atoms with E-state index >= 15 is 0 Å². The molecule has 1 aliphatic heterocycles. The van der Waals surface area contributed by atoms with Gasteiger partial charge >= 0.3 is 0 Å². The van der Waals surface area contributed by atoms with Crippen LogP contribution >= 0.6 is 0 Å². The van der Waals surface area contributed by atoms with Crippen LogP contribution < -0.4 is 14.5 Å². The van der Waals surface area contributed by atoms with Gasteiger partial charge in [0.15, 0.2) is 11.6 Å². The van der Waals surface area contributed by atoms with Crippen LogP contribution in [-0.2, 0) is 24.3 Å². The Hall–Kier alpha value is -4.48. The van der Waals surface area contributed by atoms with Crippen LogP contribution in [0.25, 0.3) is 22.8 Å². The maximum Gasteiger partial charge on any atom is 0.288 e. The number of amides is 1. The van der Waals surface area contributed by atoms with E-state index in [0.717, 1.165) is 31.0 Å². The lowest BCUT2D eigenvalue weighted by Gasteiger charge is -2.38. The molecule has 1 fully saturated rings. The lowest BCUT2D eigenvalue weighted by molar-refractivity contribution is -0.118. The highest BCUT2D eigenvalue weighted by atomic mass is 19.3. The maximum absolute atomic E-state index is 13.8. The summed E-state index contributed by atoms with van der Waals surface area (Å²) in [4.78, 5) is 39.6. The van der Waals surface area contributed by atoms with Gasteiger partial charge in [-0.3, -0.25) is 4.79 Å². The number of aromatic nitrogens is 6. The molecule has 218 valence electrons. The fourth-order valence-corrected chi connectivity index (χ4v) is 5.37. The first-order valence-corrected chi connectivity index (χ1v) is 13.9. The first kappa shape index (κ1) is 27.7. The van der Waals surface area contributed by atoms with Gasteiger partial charge in [-0.25, -0.2) is 24.9 Å². The minimum Gasteiger partial charge on any atom is -0.480 e. The van der Waals surface area contributed by atoms with Crippen molar-refractivity contribution in [3.63, 3.8) is 0 Å². The average molecular weight is 575 g/mol. The van der Waals surface area contributed by atoms with Gasteiger partial charge in [0.1, 0.15) is 29.1 Å². The van der Waals surface area contributed by atoms with E-state index in [1.54, 1.807) is 29.8 Å². The Morgan fingerprint density at radius 3 is 2.45 bits per heavy atom. The second kappa shape index (κ2) is 10.4. The molecule has 0 N–H and O–H groups in total. The van der Waals surface area contributed by atoms with Gasteiger partial charge in [0.05, 0.1) is 25.5 Å². The predicted molar refractivity (Wildman–Crippen MR) is 153 cm³/mol. The van der Waals surface area contributed by atoms with Crippen molar-refractivity contribution >= 4 is 17.4 Å². The number of rotatable bonds is 8. The molecule has 0 atom stereocenters. The molecule has 10 nitrogen and oxygen atoms in total. The number of carbonyl (C=O) groups excluding carboxylic acids is 1. The topological polar surface area (TPSA) is 102 Å². The zero-order chi connectivity index (χ0) is 29.8. The number of halogens is 2. The maximum atomic E-state index is 13.8. The van der Waals surface area contributed by atoms with E-state index in [9.17, 15) is 13.6 Å². The number of fused-ring (bicyclic) bond motifs is 1. The summed E-state index contributed by atoms with van der Waals surface area (Å²) in [5.74, 6) is -0.811.